The number of nitrogens with one attached hydrogen (secondary N) is 2. The van der Waals surface area contributed by atoms with E-state index in [0.29, 0.717) is 5.56 Å². The zero-order valence-corrected chi connectivity index (χ0v) is 15.1. The third-order valence-corrected chi connectivity index (χ3v) is 3.80. The van der Waals surface area contributed by atoms with E-state index in [0.717, 1.165) is 11.8 Å². The second-order valence-electron chi connectivity index (χ2n) is 6.51. The molecule has 0 unspecified atom stereocenters. The summed E-state index contributed by atoms with van der Waals surface area (Å²) < 4.78 is 0. The molecule has 0 aliphatic rings. The van der Waals surface area contributed by atoms with Crippen molar-refractivity contribution >= 4 is 29.1 Å². The van der Waals surface area contributed by atoms with E-state index < -0.39 is 22.4 Å². The lowest BCUT2D eigenvalue weighted by molar-refractivity contribution is -0.384. The molecule has 1 aromatic heterocycles. The molecule has 2 N–H and O–H groups in total. The van der Waals surface area contributed by atoms with Gasteiger partial charge in [0, 0.05) is 34.5 Å². The normalized spacial score (nSPS) is 10.9. The van der Waals surface area contributed by atoms with E-state index in [1.807, 2.05) is 20.8 Å². The first-order valence-corrected chi connectivity index (χ1v) is 7.98. The van der Waals surface area contributed by atoms with Gasteiger partial charge in [0.05, 0.1) is 4.92 Å². The number of rotatable bonds is 3. The van der Waals surface area contributed by atoms with E-state index in [1.54, 1.807) is 6.07 Å². The number of halogens is 1. The first-order valence-electron chi connectivity index (χ1n) is 7.61. The highest BCUT2D eigenvalue weighted by Crippen LogP contribution is 2.25. The predicted octanol–water partition coefficient (Wildman–Crippen LogP) is 3.02. The number of pyridine rings is 1. The van der Waals surface area contributed by atoms with Crippen molar-refractivity contribution < 1.29 is 14.5 Å². The lowest BCUT2D eigenvalue weighted by atomic mass is 9.91. The molecule has 0 fully saturated rings. The summed E-state index contributed by atoms with van der Waals surface area (Å²) in [6.45, 7) is 5.89. The van der Waals surface area contributed by atoms with Crippen LogP contribution in [0.2, 0.25) is 5.02 Å². The van der Waals surface area contributed by atoms with E-state index >= 15 is 0 Å². The third kappa shape index (κ3) is 4.54. The minimum absolute atomic E-state index is 0.00786. The number of nitro benzene ring substituents is 1. The van der Waals surface area contributed by atoms with Crippen LogP contribution in [0.1, 0.15) is 47.2 Å². The lowest BCUT2D eigenvalue weighted by Gasteiger charge is -2.18. The van der Waals surface area contributed by atoms with Crippen molar-refractivity contribution in [3.8, 4) is 0 Å². The van der Waals surface area contributed by atoms with Crippen LogP contribution in [0.25, 0.3) is 0 Å². The minimum atomic E-state index is -0.705. The number of aromatic nitrogens is 1. The fourth-order valence-corrected chi connectivity index (χ4v) is 2.22. The average molecular weight is 377 g/mol. The first kappa shape index (κ1) is 19.3. The Morgan fingerprint density at radius 3 is 2.19 bits per heavy atom. The first-order chi connectivity index (χ1) is 12.1. The monoisotopic (exact) mass is 376 g/mol. The Kier molecular flexibility index (Phi) is 5.56. The molecular weight excluding hydrogens is 360 g/mol. The topological polar surface area (TPSA) is 114 Å². The predicted molar refractivity (Wildman–Crippen MR) is 96.0 cm³/mol. The molecule has 0 radical (unpaired) electrons. The molecule has 2 aromatic rings. The summed E-state index contributed by atoms with van der Waals surface area (Å²) in [6, 6.07) is 6.75. The lowest BCUT2D eigenvalue weighted by Crippen LogP contribution is -2.41. The van der Waals surface area contributed by atoms with Crippen molar-refractivity contribution in [3.05, 3.63) is 68.5 Å². The smallest absolute Gasteiger partial charge is 0.267 e. The van der Waals surface area contributed by atoms with E-state index in [9.17, 15) is 19.7 Å². The number of carbonyl (C=O) groups excluding carboxylic acids is 2. The van der Waals surface area contributed by atoms with Crippen LogP contribution in [0.3, 0.4) is 0 Å². The molecule has 9 heteroatoms. The van der Waals surface area contributed by atoms with Gasteiger partial charge in [-0.2, -0.15) is 0 Å². The molecule has 8 nitrogen and oxygen atoms in total. The Balaban J connectivity index is 2.09. The molecule has 26 heavy (non-hydrogen) atoms. The number of benzene rings is 1. The minimum Gasteiger partial charge on any atom is -0.267 e. The maximum atomic E-state index is 12.2. The molecule has 0 saturated heterocycles. The highest BCUT2D eigenvalue weighted by molar-refractivity contribution is 6.32. The number of nitro groups is 1. The van der Waals surface area contributed by atoms with Gasteiger partial charge in [0.25, 0.3) is 17.5 Å². The van der Waals surface area contributed by atoms with Crippen LogP contribution in [0, 0.1) is 10.1 Å². The Morgan fingerprint density at radius 1 is 1.08 bits per heavy atom. The number of amides is 2. The maximum Gasteiger partial charge on any atom is 0.288 e. The van der Waals surface area contributed by atoms with Gasteiger partial charge in [-0.25, -0.2) is 0 Å². The maximum absolute atomic E-state index is 12.2. The molecule has 136 valence electrons. The molecule has 2 rings (SSSR count). The summed E-state index contributed by atoms with van der Waals surface area (Å²) in [5.74, 6) is -1.24. The summed E-state index contributed by atoms with van der Waals surface area (Å²) in [5, 5.41) is 10.8. The number of hydrogen-bond acceptors (Lipinski definition) is 5. The largest absolute Gasteiger partial charge is 0.288 e. The average Bonchev–Trinajstić information content (AvgIpc) is 2.58. The van der Waals surface area contributed by atoms with Crippen molar-refractivity contribution in [3.63, 3.8) is 0 Å². The van der Waals surface area contributed by atoms with E-state index in [1.165, 1.54) is 24.4 Å². The van der Waals surface area contributed by atoms with E-state index in [-0.39, 0.29) is 16.0 Å². The highest BCUT2D eigenvalue weighted by Gasteiger charge is 2.19. The third-order valence-electron chi connectivity index (χ3n) is 3.49. The van der Waals surface area contributed by atoms with Gasteiger partial charge in [0.15, 0.2) is 0 Å². The SMILES string of the molecule is CC(C)(C)c1cc(C(=O)NNC(=O)c2ccc(Cl)c([N+](=O)[O-])c2)ccn1. The van der Waals surface area contributed by atoms with Crippen molar-refractivity contribution in [2.45, 2.75) is 26.2 Å². The molecule has 2 amide bonds. The van der Waals surface area contributed by atoms with Gasteiger partial charge in [0.1, 0.15) is 5.02 Å². The molecule has 0 spiro atoms. The van der Waals surface area contributed by atoms with Crippen molar-refractivity contribution in [2.24, 2.45) is 0 Å². The molecule has 1 heterocycles. The fourth-order valence-electron chi connectivity index (χ4n) is 2.03. The van der Waals surface area contributed by atoms with Crippen molar-refractivity contribution in [1.29, 1.82) is 0 Å². The molecule has 0 aliphatic heterocycles. The van der Waals surface area contributed by atoms with Crippen LogP contribution in [0.4, 0.5) is 5.69 Å². The molecular formula is C17H17ClN4O4. The molecule has 0 aliphatic carbocycles. The zero-order valence-electron chi connectivity index (χ0n) is 14.4. The quantitative estimate of drug-likeness (QED) is 0.631. The number of hydrogen-bond donors (Lipinski definition) is 2. The van der Waals surface area contributed by atoms with Crippen LogP contribution in [-0.4, -0.2) is 21.7 Å². The van der Waals surface area contributed by atoms with Crippen LogP contribution in [-0.2, 0) is 5.41 Å². The van der Waals surface area contributed by atoms with Gasteiger partial charge in [-0.1, -0.05) is 32.4 Å². The van der Waals surface area contributed by atoms with Crippen molar-refractivity contribution in [2.75, 3.05) is 0 Å². The van der Waals surface area contributed by atoms with Crippen molar-refractivity contribution in [1.82, 2.24) is 15.8 Å². The molecule has 0 saturated carbocycles. The van der Waals surface area contributed by atoms with Gasteiger partial charge in [-0.05, 0) is 24.3 Å². The Hall–Kier alpha value is -3.00. The standard InChI is InChI=1S/C17H17ClN4O4/c1-17(2,3)14-9-11(6-7-19-14)16(24)21-20-15(23)10-4-5-12(18)13(8-10)22(25)26/h4-9H,1-3H3,(H,20,23)(H,21,24). The highest BCUT2D eigenvalue weighted by atomic mass is 35.5. The second kappa shape index (κ2) is 7.49. The van der Waals surface area contributed by atoms with Crippen LogP contribution in [0.5, 0.6) is 0 Å². The Labute approximate surface area is 154 Å². The van der Waals surface area contributed by atoms with E-state index in [4.69, 9.17) is 11.6 Å². The summed E-state index contributed by atoms with van der Waals surface area (Å²) in [6.07, 6.45) is 1.51. The summed E-state index contributed by atoms with van der Waals surface area (Å²) in [5.41, 5.74) is 4.90. The van der Waals surface area contributed by atoms with Gasteiger partial charge in [-0.15, -0.1) is 0 Å². The fraction of sp³-hybridized carbons (Fsp3) is 0.235. The molecule has 1 aromatic carbocycles. The molecule has 0 bridgehead atoms. The zero-order chi connectivity index (χ0) is 19.5. The number of hydrazine groups is 1. The van der Waals surface area contributed by atoms with Gasteiger partial charge in [-0.3, -0.25) is 35.5 Å². The van der Waals surface area contributed by atoms with Gasteiger partial charge < -0.3 is 0 Å². The van der Waals surface area contributed by atoms with Gasteiger partial charge in [0.2, 0.25) is 0 Å². The summed E-state index contributed by atoms with van der Waals surface area (Å²) >= 11 is 5.71. The number of carbonyl (C=O) groups is 2. The number of nitrogens with zero attached hydrogens (tertiary/aromatic N) is 2. The van der Waals surface area contributed by atoms with Crippen LogP contribution < -0.4 is 10.9 Å². The van der Waals surface area contributed by atoms with Crippen LogP contribution in [0.15, 0.2) is 36.5 Å². The van der Waals surface area contributed by atoms with Crippen LogP contribution >= 0.6 is 11.6 Å². The Bertz CT molecular complexity index is 877. The summed E-state index contributed by atoms with van der Waals surface area (Å²) in [7, 11) is 0. The summed E-state index contributed by atoms with van der Waals surface area (Å²) in [4.78, 5) is 38.7. The van der Waals surface area contributed by atoms with Gasteiger partial charge >= 0.3 is 0 Å². The second-order valence-corrected chi connectivity index (χ2v) is 6.92. The Morgan fingerprint density at radius 2 is 1.65 bits per heavy atom. The van der Waals surface area contributed by atoms with E-state index in [2.05, 4.69) is 15.8 Å². The molecule has 0 atom stereocenters.